The van der Waals surface area contributed by atoms with Crippen molar-refractivity contribution in [2.45, 2.75) is 13.0 Å². The molecule has 19 heavy (non-hydrogen) atoms. The molecule has 2 rings (SSSR count). The highest BCUT2D eigenvalue weighted by Crippen LogP contribution is 2.07. The lowest BCUT2D eigenvalue weighted by Crippen LogP contribution is -2.22. The highest BCUT2D eigenvalue weighted by molar-refractivity contribution is 6.29. The van der Waals surface area contributed by atoms with Gasteiger partial charge in [-0.15, -0.1) is 0 Å². The molecule has 0 aliphatic heterocycles. The van der Waals surface area contributed by atoms with Gasteiger partial charge in [-0.1, -0.05) is 23.7 Å². The van der Waals surface area contributed by atoms with Gasteiger partial charge in [-0.25, -0.2) is 9.48 Å². The first-order chi connectivity index (χ1) is 9.06. The quantitative estimate of drug-likeness (QED) is 0.926. The summed E-state index contributed by atoms with van der Waals surface area (Å²) >= 11 is 5.72. The highest BCUT2D eigenvalue weighted by Gasteiger charge is 2.04. The molecular formula is C13H11ClN2O3. The summed E-state index contributed by atoms with van der Waals surface area (Å²) in [6.07, 6.45) is 0.508. The maximum atomic E-state index is 11.5. The van der Waals surface area contributed by atoms with E-state index in [0.29, 0.717) is 13.0 Å². The number of hydrogen-bond donors (Lipinski definition) is 1. The predicted molar refractivity (Wildman–Crippen MR) is 70.6 cm³/mol. The Labute approximate surface area is 114 Å². The minimum absolute atomic E-state index is 0.226. The van der Waals surface area contributed by atoms with Crippen LogP contribution in [-0.2, 0) is 13.0 Å². The molecule has 0 fully saturated rings. The zero-order valence-electron chi connectivity index (χ0n) is 9.91. The van der Waals surface area contributed by atoms with Crippen LogP contribution in [0.25, 0.3) is 0 Å². The van der Waals surface area contributed by atoms with E-state index in [0.717, 1.165) is 5.56 Å². The van der Waals surface area contributed by atoms with E-state index in [1.165, 1.54) is 22.9 Å². The van der Waals surface area contributed by atoms with E-state index in [4.69, 9.17) is 16.7 Å². The number of nitrogens with zero attached hydrogens (tertiary/aromatic N) is 2. The first-order valence-corrected chi connectivity index (χ1v) is 6.00. The number of carboxylic acids is 1. The summed E-state index contributed by atoms with van der Waals surface area (Å²) in [6.45, 7) is 0.350. The lowest BCUT2D eigenvalue weighted by Gasteiger charge is -2.05. The van der Waals surface area contributed by atoms with E-state index >= 15 is 0 Å². The Hall–Kier alpha value is -2.14. The summed E-state index contributed by atoms with van der Waals surface area (Å²) in [7, 11) is 0. The van der Waals surface area contributed by atoms with Crippen LogP contribution in [0.2, 0.25) is 5.15 Å². The molecule has 0 atom stereocenters. The van der Waals surface area contributed by atoms with Gasteiger partial charge in [0.25, 0.3) is 5.56 Å². The van der Waals surface area contributed by atoms with Crippen molar-refractivity contribution in [3.63, 3.8) is 0 Å². The smallest absolute Gasteiger partial charge is 0.335 e. The van der Waals surface area contributed by atoms with Gasteiger partial charge < -0.3 is 5.11 Å². The van der Waals surface area contributed by atoms with Gasteiger partial charge in [0.05, 0.1) is 5.56 Å². The third kappa shape index (κ3) is 3.42. The molecular weight excluding hydrogens is 268 g/mol. The summed E-state index contributed by atoms with van der Waals surface area (Å²) in [4.78, 5) is 22.4. The van der Waals surface area contributed by atoms with Gasteiger partial charge in [0.1, 0.15) is 5.15 Å². The molecule has 98 valence electrons. The molecule has 0 bridgehead atoms. The molecule has 5 nitrogen and oxygen atoms in total. The minimum Gasteiger partial charge on any atom is -0.478 e. The zero-order chi connectivity index (χ0) is 13.8. The van der Waals surface area contributed by atoms with Gasteiger partial charge in [0, 0.05) is 12.6 Å². The van der Waals surface area contributed by atoms with E-state index in [-0.39, 0.29) is 16.3 Å². The Kier molecular flexibility index (Phi) is 3.97. The number of aromatic carboxylic acids is 1. The number of carbonyl (C=O) groups is 1. The standard InChI is InChI=1S/C13H11ClN2O3/c14-11-4-5-12(17)16(15-11)7-6-9-2-1-3-10(8-9)13(18)19/h1-5,8H,6-7H2,(H,18,19). The first kappa shape index (κ1) is 13.3. The van der Waals surface area contributed by atoms with Gasteiger partial charge in [0.2, 0.25) is 0 Å². The second kappa shape index (κ2) is 5.67. The summed E-state index contributed by atoms with van der Waals surface area (Å²) in [5.74, 6) is -0.972. The molecule has 1 aromatic carbocycles. The Morgan fingerprint density at radius 3 is 2.84 bits per heavy atom. The number of hydrogen-bond acceptors (Lipinski definition) is 3. The summed E-state index contributed by atoms with van der Waals surface area (Å²) < 4.78 is 1.26. The van der Waals surface area contributed by atoms with Crippen molar-refractivity contribution in [3.05, 3.63) is 63.0 Å². The lowest BCUT2D eigenvalue weighted by atomic mass is 10.1. The van der Waals surface area contributed by atoms with Crippen LogP contribution in [0.4, 0.5) is 0 Å². The van der Waals surface area contributed by atoms with Crippen molar-refractivity contribution < 1.29 is 9.90 Å². The van der Waals surface area contributed by atoms with Crippen LogP contribution in [0.1, 0.15) is 15.9 Å². The molecule has 2 aromatic rings. The second-order valence-electron chi connectivity index (χ2n) is 3.97. The van der Waals surface area contributed by atoms with Gasteiger partial charge in [-0.3, -0.25) is 4.79 Å². The molecule has 0 saturated carbocycles. The van der Waals surface area contributed by atoms with Crippen LogP contribution in [0.5, 0.6) is 0 Å². The predicted octanol–water partition coefficient (Wildman–Crippen LogP) is 1.84. The number of aromatic nitrogens is 2. The van der Waals surface area contributed by atoms with Gasteiger partial charge >= 0.3 is 5.97 Å². The lowest BCUT2D eigenvalue weighted by molar-refractivity contribution is 0.0696. The fraction of sp³-hybridized carbons (Fsp3) is 0.154. The van der Waals surface area contributed by atoms with Crippen molar-refractivity contribution in [2.75, 3.05) is 0 Å². The monoisotopic (exact) mass is 278 g/mol. The number of carboxylic acid groups (broad SMARTS) is 1. The molecule has 1 N–H and O–H groups in total. The zero-order valence-corrected chi connectivity index (χ0v) is 10.7. The van der Waals surface area contributed by atoms with Crippen molar-refractivity contribution in [3.8, 4) is 0 Å². The number of halogens is 1. The molecule has 1 aromatic heterocycles. The van der Waals surface area contributed by atoms with Crippen LogP contribution < -0.4 is 5.56 Å². The second-order valence-corrected chi connectivity index (χ2v) is 4.36. The molecule has 0 radical (unpaired) electrons. The molecule has 0 aliphatic carbocycles. The van der Waals surface area contributed by atoms with E-state index in [2.05, 4.69) is 5.10 Å². The van der Waals surface area contributed by atoms with Crippen molar-refractivity contribution in [1.82, 2.24) is 9.78 Å². The highest BCUT2D eigenvalue weighted by atomic mass is 35.5. The van der Waals surface area contributed by atoms with Crippen molar-refractivity contribution in [1.29, 1.82) is 0 Å². The minimum atomic E-state index is -0.972. The third-order valence-electron chi connectivity index (χ3n) is 2.62. The van der Waals surface area contributed by atoms with E-state index in [1.54, 1.807) is 12.1 Å². The average molecular weight is 279 g/mol. The first-order valence-electron chi connectivity index (χ1n) is 5.62. The Morgan fingerprint density at radius 2 is 2.11 bits per heavy atom. The fourth-order valence-corrected chi connectivity index (χ4v) is 1.83. The molecule has 0 aliphatic rings. The van der Waals surface area contributed by atoms with Crippen LogP contribution in [-0.4, -0.2) is 20.9 Å². The van der Waals surface area contributed by atoms with Crippen molar-refractivity contribution in [2.24, 2.45) is 0 Å². The molecule has 0 amide bonds. The average Bonchev–Trinajstić information content (AvgIpc) is 2.40. The Morgan fingerprint density at radius 1 is 1.32 bits per heavy atom. The van der Waals surface area contributed by atoms with E-state index < -0.39 is 5.97 Å². The van der Waals surface area contributed by atoms with Crippen LogP contribution in [0.15, 0.2) is 41.2 Å². The SMILES string of the molecule is O=C(O)c1cccc(CCn2nc(Cl)ccc2=O)c1. The van der Waals surface area contributed by atoms with E-state index in [9.17, 15) is 9.59 Å². The maximum Gasteiger partial charge on any atom is 0.335 e. The largest absolute Gasteiger partial charge is 0.478 e. The van der Waals surface area contributed by atoms with Crippen LogP contribution in [0, 0.1) is 0 Å². The van der Waals surface area contributed by atoms with Gasteiger partial charge in [-0.05, 0) is 30.2 Å². The molecule has 0 spiro atoms. The Balaban J connectivity index is 2.14. The third-order valence-corrected chi connectivity index (χ3v) is 2.82. The molecule has 0 unspecified atom stereocenters. The maximum absolute atomic E-state index is 11.5. The van der Waals surface area contributed by atoms with Crippen LogP contribution >= 0.6 is 11.6 Å². The summed E-state index contributed by atoms with van der Waals surface area (Å²) in [5, 5.41) is 13.0. The molecule has 0 saturated heterocycles. The molecule has 6 heteroatoms. The summed E-state index contributed by atoms with van der Waals surface area (Å²) in [5.41, 5.74) is 0.816. The summed E-state index contributed by atoms with van der Waals surface area (Å²) in [6, 6.07) is 9.37. The number of aryl methyl sites for hydroxylation is 2. The van der Waals surface area contributed by atoms with E-state index in [1.807, 2.05) is 6.07 Å². The fourth-order valence-electron chi connectivity index (χ4n) is 1.68. The topological polar surface area (TPSA) is 72.2 Å². The van der Waals surface area contributed by atoms with Gasteiger partial charge in [-0.2, -0.15) is 5.10 Å². The van der Waals surface area contributed by atoms with Gasteiger partial charge in [0.15, 0.2) is 0 Å². The normalized spacial score (nSPS) is 10.4. The number of benzene rings is 1. The number of rotatable bonds is 4. The Bertz CT molecular complexity index is 667. The van der Waals surface area contributed by atoms with Crippen molar-refractivity contribution >= 4 is 17.6 Å². The van der Waals surface area contributed by atoms with Crippen LogP contribution in [0.3, 0.4) is 0 Å². The molecule has 1 heterocycles.